The van der Waals surface area contributed by atoms with Gasteiger partial charge in [0.25, 0.3) is 0 Å². The van der Waals surface area contributed by atoms with Crippen LogP contribution in [-0.2, 0) is 15.0 Å². The van der Waals surface area contributed by atoms with Crippen molar-refractivity contribution in [2.75, 3.05) is 11.5 Å². The lowest BCUT2D eigenvalue weighted by Gasteiger charge is -2.52. The Morgan fingerprint density at radius 2 is 1.45 bits per heavy atom. The number of unbranched alkanes of at least 4 members (excludes halogenated alkanes) is 1. The molecule has 0 radical (unpaired) electrons. The van der Waals surface area contributed by atoms with E-state index in [0.29, 0.717) is 12.3 Å². The Labute approximate surface area is 194 Å². The fourth-order valence-electron chi connectivity index (χ4n) is 6.43. The maximum atomic E-state index is 13.9. The van der Waals surface area contributed by atoms with Crippen LogP contribution < -0.4 is 9.64 Å². The Hall–Kier alpha value is -3.40. The van der Waals surface area contributed by atoms with Crippen molar-refractivity contribution in [2.45, 2.75) is 38.0 Å². The van der Waals surface area contributed by atoms with Gasteiger partial charge in [-0.1, -0.05) is 68.8 Å². The zero-order valence-corrected chi connectivity index (χ0v) is 19.0. The lowest BCUT2D eigenvalue weighted by atomic mass is 9.48. The quantitative estimate of drug-likeness (QED) is 0.395. The molecule has 1 fully saturated rings. The van der Waals surface area contributed by atoms with E-state index in [1.54, 1.807) is 0 Å². The number of rotatable bonds is 5. The summed E-state index contributed by atoms with van der Waals surface area (Å²) in [5, 5.41) is 0. The first kappa shape index (κ1) is 20.2. The maximum Gasteiger partial charge on any atom is 0.238 e. The zero-order chi connectivity index (χ0) is 22.7. The summed E-state index contributed by atoms with van der Waals surface area (Å²) in [5.74, 6) is -0.308. The topological polar surface area (TPSA) is 46.6 Å². The fourth-order valence-corrected chi connectivity index (χ4v) is 6.43. The summed E-state index contributed by atoms with van der Waals surface area (Å²) in [6.07, 6.45) is 2.07. The van der Waals surface area contributed by atoms with Crippen molar-refractivity contribution >= 4 is 17.5 Å². The second kappa shape index (κ2) is 7.31. The summed E-state index contributed by atoms with van der Waals surface area (Å²) in [5.41, 5.74) is 4.82. The first-order valence-corrected chi connectivity index (χ1v) is 11.9. The van der Waals surface area contributed by atoms with E-state index in [-0.39, 0.29) is 23.7 Å². The summed E-state index contributed by atoms with van der Waals surface area (Å²) in [7, 11) is 0. The van der Waals surface area contributed by atoms with Crippen molar-refractivity contribution in [3.8, 4) is 5.75 Å². The van der Waals surface area contributed by atoms with E-state index in [1.165, 1.54) is 27.2 Å². The molecule has 0 unspecified atom stereocenters. The fraction of sp³-hybridized carbons (Fsp3) is 0.310. The molecule has 0 saturated carbocycles. The van der Waals surface area contributed by atoms with Gasteiger partial charge in [-0.3, -0.25) is 9.59 Å². The molecular weight excluding hydrogens is 410 g/mol. The van der Waals surface area contributed by atoms with Crippen LogP contribution in [0, 0.1) is 11.8 Å². The highest BCUT2D eigenvalue weighted by Crippen LogP contribution is 2.64. The molecule has 0 N–H and O–H groups in total. The Kier molecular flexibility index (Phi) is 4.48. The minimum atomic E-state index is -0.530. The van der Waals surface area contributed by atoms with Crippen LogP contribution in [0.5, 0.6) is 5.75 Å². The standard InChI is InChI=1S/C29H27NO3/c1-3-4-17-33-19-15-13-18(14-16-19)30-27(31)25-24-20-9-5-7-11-22(20)29(2,26(25)28(30)32)23-12-8-6-10-21(23)24/h5-16,24-26H,3-4,17H2,1-2H3/t24?,25-,26-,29?/m0/s1. The molecule has 3 aliphatic carbocycles. The van der Waals surface area contributed by atoms with Gasteiger partial charge in [0.15, 0.2) is 0 Å². The molecule has 0 spiro atoms. The van der Waals surface area contributed by atoms with Gasteiger partial charge in [-0.15, -0.1) is 0 Å². The van der Waals surface area contributed by atoms with Crippen LogP contribution in [-0.4, -0.2) is 18.4 Å². The lowest BCUT2D eigenvalue weighted by molar-refractivity contribution is -0.123. The summed E-state index contributed by atoms with van der Waals surface area (Å²) in [6.45, 7) is 4.94. The van der Waals surface area contributed by atoms with Crippen LogP contribution >= 0.6 is 0 Å². The zero-order valence-electron chi connectivity index (χ0n) is 19.0. The molecule has 2 bridgehead atoms. The molecule has 3 aromatic carbocycles. The second-order valence-electron chi connectivity index (χ2n) is 9.57. The van der Waals surface area contributed by atoms with Gasteiger partial charge in [-0.25, -0.2) is 4.90 Å². The summed E-state index contributed by atoms with van der Waals surface area (Å²) < 4.78 is 5.77. The largest absolute Gasteiger partial charge is 0.494 e. The molecule has 2 amide bonds. The van der Waals surface area contributed by atoms with Crippen LogP contribution in [0.4, 0.5) is 5.69 Å². The highest BCUT2D eigenvalue weighted by Gasteiger charge is 2.66. The Morgan fingerprint density at radius 1 is 0.848 bits per heavy atom. The second-order valence-corrected chi connectivity index (χ2v) is 9.57. The van der Waals surface area contributed by atoms with E-state index >= 15 is 0 Å². The molecule has 7 rings (SSSR count). The van der Waals surface area contributed by atoms with Crippen molar-refractivity contribution in [3.05, 3.63) is 95.1 Å². The van der Waals surface area contributed by atoms with Gasteiger partial charge < -0.3 is 4.74 Å². The van der Waals surface area contributed by atoms with Gasteiger partial charge in [0.05, 0.1) is 24.1 Å². The van der Waals surface area contributed by atoms with Crippen molar-refractivity contribution in [3.63, 3.8) is 0 Å². The van der Waals surface area contributed by atoms with Crippen molar-refractivity contribution in [1.82, 2.24) is 0 Å². The first-order valence-electron chi connectivity index (χ1n) is 11.9. The molecule has 4 nitrogen and oxygen atoms in total. The molecule has 33 heavy (non-hydrogen) atoms. The van der Waals surface area contributed by atoms with Gasteiger partial charge >= 0.3 is 0 Å². The van der Waals surface area contributed by atoms with E-state index in [9.17, 15) is 9.59 Å². The van der Waals surface area contributed by atoms with E-state index < -0.39 is 11.3 Å². The van der Waals surface area contributed by atoms with Gasteiger partial charge in [0, 0.05) is 11.3 Å². The van der Waals surface area contributed by atoms with Crippen molar-refractivity contribution < 1.29 is 14.3 Å². The SMILES string of the molecule is CCCCOc1ccc(N2C(=O)[C@@H]3[C@@H](C2=O)C2c4ccccc4C3(C)c3ccccc32)cc1. The van der Waals surface area contributed by atoms with Gasteiger partial charge in [-0.2, -0.15) is 0 Å². The molecule has 1 aliphatic heterocycles. The number of ether oxygens (including phenoxy) is 1. The predicted octanol–water partition coefficient (Wildman–Crippen LogP) is 5.44. The number of amides is 2. The van der Waals surface area contributed by atoms with Crippen molar-refractivity contribution in [2.24, 2.45) is 11.8 Å². The summed E-state index contributed by atoms with van der Waals surface area (Å²) >= 11 is 0. The molecule has 166 valence electrons. The smallest absolute Gasteiger partial charge is 0.238 e. The van der Waals surface area contributed by atoms with E-state index in [0.717, 1.165) is 18.6 Å². The summed E-state index contributed by atoms with van der Waals surface area (Å²) in [4.78, 5) is 29.2. The third-order valence-corrected chi connectivity index (χ3v) is 7.90. The average Bonchev–Trinajstić information content (AvgIpc) is 3.11. The highest BCUT2D eigenvalue weighted by atomic mass is 16.5. The van der Waals surface area contributed by atoms with E-state index in [4.69, 9.17) is 4.74 Å². The molecule has 1 heterocycles. The lowest BCUT2D eigenvalue weighted by Crippen LogP contribution is -2.51. The molecule has 1 saturated heterocycles. The van der Waals surface area contributed by atoms with Gasteiger partial charge in [-0.05, 0) is 52.9 Å². The van der Waals surface area contributed by atoms with Gasteiger partial charge in [0.2, 0.25) is 11.8 Å². The molecular formula is C29H27NO3. The summed E-state index contributed by atoms with van der Waals surface area (Å²) in [6, 6.07) is 24.1. The number of benzene rings is 3. The minimum absolute atomic E-state index is 0.0927. The monoisotopic (exact) mass is 437 g/mol. The van der Waals surface area contributed by atoms with E-state index in [2.05, 4.69) is 38.1 Å². The Bertz CT molecular complexity index is 1210. The number of carbonyl (C=O) groups excluding carboxylic acids is 2. The van der Waals surface area contributed by atoms with Gasteiger partial charge in [0.1, 0.15) is 5.75 Å². The van der Waals surface area contributed by atoms with Crippen LogP contribution in [0.2, 0.25) is 0 Å². The van der Waals surface area contributed by atoms with Crippen LogP contribution in [0.3, 0.4) is 0 Å². The van der Waals surface area contributed by atoms with Crippen LogP contribution in [0.25, 0.3) is 0 Å². The third-order valence-electron chi connectivity index (χ3n) is 7.90. The number of nitrogens with zero attached hydrogens (tertiary/aromatic N) is 1. The molecule has 3 aromatic rings. The number of anilines is 1. The predicted molar refractivity (Wildman–Crippen MR) is 127 cm³/mol. The van der Waals surface area contributed by atoms with E-state index in [1.807, 2.05) is 48.5 Å². The highest BCUT2D eigenvalue weighted by molar-refractivity contribution is 6.23. The molecule has 4 aliphatic rings. The van der Waals surface area contributed by atoms with Crippen molar-refractivity contribution in [1.29, 1.82) is 0 Å². The molecule has 0 aromatic heterocycles. The average molecular weight is 438 g/mol. The minimum Gasteiger partial charge on any atom is -0.494 e. The van der Waals surface area contributed by atoms with Crippen LogP contribution in [0.1, 0.15) is 54.9 Å². The first-order chi connectivity index (χ1) is 16.1. The number of carbonyl (C=O) groups is 2. The number of imide groups is 1. The van der Waals surface area contributed by atoms with Crippen LogP contribution in [0.15, 0.2) is 72.8 Å². The molecule has 4 heteroatoms. The number of hydrogen-bond acceptors (Lipinski definition) is 3. The Balaban J connectivity index is 1.43. The molecule has 2 atom stereocenters. The third kappa shape index (κ3) is 2.64. The maximum absolute atomic E-state index is 13.9. The Morgan fingerprint density at radius 3 is 2.06 bits per heavy atom. The number of hydrogen-bond donors (Lipinski definition) is 0. The normalized spacial score (nSPS) is 26.7.